The van der Waals surface area contributed by atoms with Gasteiger partial charge >= 0.3 is 0 Å². The standard InChI is InChI=1S/C17H20FN3O2/c1-11-8-15(13-9-12(18)2-3-14(13)21-11)20-10-17(16(19)22)4-6-23-7-5-17/h2-3,8-9H,4-7,10H2,1H3,(H2,19,22)(H,20,21). The van der Waals surface area contributed by atoms with Crippen LogP contribution in [0.15, 0.2) is 24.3 Å². The zero-order valence-electron chi connectivity index (χ0n) is 13.1. The Morgan fingerprint density at radius 3 is 2.83 bits per heavy atom. The number of primary amides is 1. The van der Waals surface area contributed by atoms with Crippen molar-refractivity contribution in [2.24, 2.45) is 11.1 Å². The van der Waals surface area contributed by atoms with Crippen LogP contribution in [0.1, 0.15) is 18.5 Å². The molecule has 3 N–H and O–H groups in total. The van der Waals surface area contributed by atoms with Gasteiger partial charge in [-0.15, -0.1) is 0 Å². The van der Waals surface area contributed by atoms with Crippen LogP contribution in [0.25, 0.3) is 10.9 Å². The van der Waals surface area contributed by atoms with Crippen molar-refractivity contribution < 1.29 is 13.9 Å². The molecule has 0 unspecified atom stereocenters. The lowest BCUT2D eigenvalue weighted by Crippen LogP contribution is -2.46. The Bertz CT molecular complexity index is 742. The molecule has 2 heterocycles. The van der Waals surface area contributed by atoms with Crippen molar-refractivity contribution in [1.82, 2.24) is 4.98 Å². The van der Waals surface area contributed by atoms with Crippen LogP contribution in [0.4, 0.5) is 10.1 Å². The molecule has 1 amide bonds. The van der Waals surface area contributed by atoms with E-state index in [1.165, 1.54) is 12.1 Å². The topological polar surface area (TPSA) is 77.2 Å². The quantitative estimate of drug-likeness (QED) is 0.907. The van der Waals surface area contributed by atoms with Gasteiger partial charge in [-0.05, 0) is 44.0 Å². The van der Waals surface area contributed by atoms with Gasteiger partial charge in [-0.3, -0.25) is 9.78 Å². The maximum atomic E-state index is 13.6. The summed E-state index contributed by atoms with van der Waals surface area (Å²) in [6.45, 7) is 3.33. The first-order valence-corrected chi connectivity index (χ1v) is 7.69. The number of hydrogen-bond acceptors (Lipinski definition) is 4. The molecule has 3 rings (SSSR count). The highest BCUT2D eigenvalue weighted by molar-refractivity contribution is 5.92. The summed E-state index contributed by atoms with van der Waals surface area (Å²) in [6.07, 6.45) is 1.18. The summed E-state index contributed by atoms with van der Waals surface area (Å²) in [5, 5.41) is 3.98. The third-order valence-corrected chi connectivity index (χ3v) is 4.49. The average Bonchev–Trinajstić information content (AvgIpc) is 2.54. The van der Waals surface area contributed by atoms with Gasteiger partial charge in [0, 0.05) is 36.5 Å². The van der Waals surface area contributed by atoms with E-state index in [9.17, 15) is 9.18 Å². The molecule has 5 nitrogen and oxygen atoms in total. The van der Waals surface area contributed by atoms with E-state index in [0.717, 1.165) is 11.4 Å². The first-order chi connectivity index (χ1) is 11.0. The highest BCUT2D eigenvalue weighted by atomic mass is 19.1. The highest BCUT2D eigenvalue weighted by Crippen LogP contribution is 2.32. The molecule has 0 aliphatic carbocycles. The molecule has 0 bridgehead atoms. The van der Waals surface area contributed by atoms with Crippen LogP contribution < -0.4 is 11.1 Å². The first kappa shape index (κ1) is 15.7. The summed E-state index contributed by atoms with van der Waals surface area (Å²) in [7, 11) is 0. The van der Waals surface area contributed by atoms with Crippen molar-refractivity contribution in [3.05, 3.63) is 35.8 Å². The molecule has 1 aromatic carbocycles. The zero-order chi connectivity index (χ0) is 16.4. The lowest BCUT2D eigenvalue weighted by molar-refractivity contribution is -0.132. The van der Waals surface area contributed by atoms with Crippen LogP contribution in [0, 0.1) is 18.2 Å². The van der Waals surface area contributed by atoms with Gasteiger partial charge < -0.3 is 15.8 Å². The van der Waals surface area contributed by atoms with Gasteiger partial charge in [-0.2, -0.15) is 0 Å². The molecule has 1 fully saturated rings. The van der Waals surface area contributed by atoms with Crippen LogP contribution in [-0.4, -0.2) is 30.6 Å². The molecule has 23 heavy (non-hydrogen) atoms. The fourth-order valence-electron chi connectivity index (χ4n) is 3.01. The third kappa shape index (κ3) is 3.12. The fraction of sp³-hybridized carbons (Fsp3) is 0.412. The van der Waals surface area contributed by atoms with Gasteiger partial charge in [-0.25, -0.2) is 4.39 Å². The molecular weight excluding hydrogens is 297 g/mol. The summed E-state index contributed by atoms with van der Waals surface area (Å²) in [5.41, 5.74) is 7.30. The Morgan fingerprint density at radius 2 is 2.13 bits per heavy atom. The van der Waals surface area contributed by atoms with Gasteiger partial charge in [-0.1, -0.05) is 0 Å². The number of aromatic nitrogens is 1. The van der Waals surface area contributed by atoms with Crippen LogP contribution >= 0.6 is 0 Å². The number of hydrogen-bond donors (Lipinski definition) is 2. The molecule has 1 aliphatic heterocycles. The van der Waals surface area contributed by atoms with Crippen LogP contribution in [-0.2, 0) is 9.53 Å². The molecule has 0 saturated carbocycles. The number of nitrogens with zero attached hydrogens (tertiary/aromatic N) is 1. The summed E-state index contributed by atoms with van der Waals surface area (Å²) < 4.78 is 18.9. The number of ether oxygens (including phenoxy) is 1. The molecule has 1 saturated heterocycles. The Hall–Kier alpha value is -2.21. The molecule has 2 aromatic rings. The number of pyridine rings is 1. The van der Waals surface area contributed by atoms with E-state index in [-0.39, 0.29) is 11.7 Å². The maximum Gasteiger partial charge on any atom is 0.225 e. The van der Waals surface area contributed by atoms with Gasteiger partial charge in [0.1, 0.15) is 5.82 Å². The smallest absolute Gasteiger partial charge is 0.225 e. The van der Waals surface area contributed by atoms with Crippen molar-refractivity contribution in [2.75, 3.05) is 25.1 Å². The van der Waals surface area contributed by atoms with Crippen molar-refractivity contribution in [2.45, 2.75) is 19.8 Å². The minimum atomic E-state index is -0.630. The van der Waals surface area contributed by atoms with E-state index in [1.54, 1.807) is 6.07 Å². The molecule has 0 radical (unpaired) electrons. The number of benzene rings is 1. The number of carbonyl (C=O) groups excluding carboxylic acids is 1. The van der Waals surface area contributed by atoms with E-state index in [2.05, 4.69) is 10.3 Å². The van der Waals surface area contributed by atoms with E-state index < -0.39 is 5.41 Å². The molecule has 0 atom stereocenters. The van der Waals surface area contributed by atoms with E-state index >= 15 is 0 Å². The zero-order valence-corrected chi connectivity index (χ0v) is 13.1. The number of nitrogens with two attached hydrogens (primary N) is 1. The number of fused-ring (bicyclic) bond motifs is 1. The summed E-state index contributed by atoms with van der Waals surface area (Å²) in [4.78, 5) is 16.3. The SMILES string of the molecule is Cc1cc(NCC2(C(N)=O)CCOCC2)c2cc(F)ccc2n1. The first-order valence-electron chi connectivity index (χ1n) is 7.69. The van der Waals surface area contributed by atoms with E-state index in [4.69, 9.17) is 10.5 Å². The fourth-order valence-corrected chi connectivity index (χ4v) is 3.01. The number of rotatable bonds is 4. The second-order valence-corrected chi connectivity index (χ2v) is 6.08. The number of amides is 1. The van der Waals surface area contributed by atoms with Gasteiger partial charge in [0.15, 0.2) is 0 Å². The highest BCUT2D eigenvalue weighted by Gasteiger charge is 2.38. The van der Waals surface area contributed by atoms with Gasteiger partial charge in [0.05, 0.1) is 10.9 Å². The third-order valence-electron chi connectivity index (χ3n) is 4.49. The average molecular weight is 317 g/mol. The Labute approximate surface area is 134 Å². The normalized spacial score (nSPS) is 17.1. The monoisotopic (exact) mass is 317 g/mol. The Morgan fingerprint density at radius 1 is 1.39 bits per heavy atom. The van der Waals surface area contributed by atoms with Crippen LogP contribution in [0.2, 0.25) is 0 Å². The molecule has 1 aliphatic rings. The molecule has 0 spiro atoms. The van der Waals surface area contributed by atoms with E-state index in [0.29, 0.717) is 43.5 Å². The second-order valence-electron chi connectivity index (χ2n) is 6.08. The predicted octanol–water partition coefficient (Wildman–Crippen LogP) is 2.38. The minimum absolute atomic E-state index is 0.318. The molecule has 122 valence electrons. The van der Waals surface area contributed by atoms with Crippen molar-refractivity contribution >= 4 is 22.5 Å². The number of carbonyl (C=O) groups is 1. The Kier molecular flexibility index (Phi) is 4.17. The minimum Gasteiger partial charge on any atom is -0.383 e. The second kappa shape index (κ2) is 6.12. The lowest BCUT2D eigenvalue weighted by atomic mass is 9.79. The van der Waals surface area contributed by atoms with Crippen LogP contribution in [0.3, 0.4) is 0 Å². The lowest BCUT2D eigenvalue weighted by Gasteiger charge is -2.34. The van der Waals surface area contributed by atoms with Crippen molar-refractivity contribution in [3.8, 4) is 0 Å². The number of nitrogens with one attached hydrogen (secondary N) is 1. The molecule has 6 heteroatoms. The maximum absolute atomic E-state index is 13.6. The van der Waals surface area contributed by atoms with Gasteiger partial charge in [0.25, 0.3) is 0 Å². The summed E-state index contributed by atoms with van der Waals surface area (Å²) in [6, 6.07) is 6.35. The largest absolute Gasteiger partial charge is 0.383 e. The van der Waals surface area contributed by atoms with Crippen molar-refractivity contribution in [1.29, 1.82) is 0 Å². The van der Waals surface area contributed by atoms with E-state index in [1.807, 2.05) is 13.0 Å². The number of aryl methyl sites for hydroxylation is 1. The number of anilines is 1. The van der Waals surface area contributed by atoms with Crippen molar-refractivity contribution in [3.63, 3.8) is 0 Å². The predicted molar refractivity (Wildman–Crippen MR) is 86.6 cm³/mol. The molecular formula is C17H20FN3O2. The summed E-state index contributed by atoms with van der Waals surface area (Å²) in [5.74, 6) is -0.642. The number of halogens is 1. The Balaban J connectivity index is 1.91. The molecule has 1 aromatic heterocycles. The van der Waals surface area contributed by atoms with Crippen LogP contribution in [0.5, 0.6) is 0 Å². The summed E-state index contributed by atoms with van der Waals surface area (Å²) >= 11 is 0. The van der Waals surface area contributed by atoms with Gasteiger partial charge in [0.2, 0.25) is 5.91 Å².